The summed E-state index contributed by atoms with van der Waals surface area (Å²) in [5.41, 5.74) is -0.389. The Labute approximate surface area is 300 Å². The zero-order chi connectivity index (χ0) is 37.4. The van der Waals surface area contributed by atoms with Crippen molar-refractivity contribution < 1.29 is 34.1 Å². The van der Waals surface area contributed by atoms with Crippen LogP contribution in [0.4, 0.5) is 9.59 Å². The number of carbonyl (C=O) groups is 4. The number of piperazine rings is 1. The van der Waals surface area contributed by atoms with Crippen LogP contribution in [0.1, 0.15) is 77.8 Å². The smallest absolute Gasteiger partial charge is 0.410 e. The fourth-order valence-electron chi connectivity index (χ4n) is 5.86. The van der Waals surface area contributed by atoms with E-state index in [0.717, 1.165) is 26.8 Å². The van der Waals surface area contributed by atoms with Crippen molar-refractivity contribution in [1.82, 2.24) is 30.3 Å². The number of aromatic nitrogens is 1. The standard InChI is InChI=1S/C36H56N6O7S/c1-10-29-37-19-25(50-29)20-42(33(46)47)30(23(2)3)32(45)38-26(18-24-14-12-11-13-15-24)28(43)22-40-16-17-41(34(48)49-36(7,8)9)21-27(40)31(44)39-35(4,5)6/h11-15,19,23,26-28,30,43H,10,16-18,20-22H2,1-9H3,(H,38,45)(H,39,44)(H,46,47)/t26-,27-,28+,30-/m0/s1. The highest BCUT2D eigenvalue weighted by atomic mass is 32.1. The number of aliphatic hydroxyl groups excluding tert-OH is 1. The van der Waals surface area contributed by atoms with E-state index in [0.29, 0.717) is 0 Å². The molecule has 1 aromatic heterocycles. The second kappa shape index (κ2) is 17.5. The van der Waals surface area contributed by atoms with E-state index in [1.165, 1.54) is 16.2 Å². The molecule has 2 heterocycles. The Morgan fingerprint density at radius 1 is 1.08 bits per heavy atom. The van der Waals surface area contributed by atoms with Crippen LogP contribution in [-0.2, 0) is 33.7 Å². The maximum absolute atomic E-state index is 14.1. The van der Waals surface area contributed by atoms with Crippen molar-refractivity contribution in [2.24, 2.45) is 5.92 Å². The summed E-state index contributed by atoms with van der Waals surface area (Å²) >= 11 is 1.41. The number of benzene rings is 1. The number of nitrogens with zero attached hydrogens (tertiary/aromatic N) is 4. The van der Waals surface area contributed by atoms with Gasteiger partial charge in [0.1, 0.15) is 17.7 Å². The Morgan fingerprint density at radius 2 is 1.74 bits per heavy atom. The van der Waals surface area contributed by atoms with Gasteiger partial charge in [0.25, 0.3) is 0 Å². The Hall–Kier alpha value is -3.75. The molecule has 1 aromatic carbocycles. The Kier molecular flexibility index (Phi) is 14.2. The quantitative estimate of drug-likeness (QED) is 0.239. The topological polar surface area (TPSA) is 165 Å². The minimum Gasteiger partial charge on any atom is -0.465 e. The van der Waals surface area contributed by atoms with E-state index in [-0.39, 0.29) is 51.0 Å². The molecular weight excluding hydrogens is 660 g/mol. The third kappa shape index (κ3) is 12.2. The van der Waals surface area contributed by atoms with Crippen LogP contribution in [-0.4, -0.2) is 115 Å². The van der Waals surface area contributed by atoms with Gasteiger partial charge >= 0.3 is 12.2 Å². The number of ether oxygens (including phenoxy) is 1. The van der Waals surface area contributed by atoms with Gasteiger partial charge in [-0.2, -0.15) is 0 Å². The first-order chi connectivity index (χ1) is 23.3. The third-order valence-corrected chi connectivity index (χ3v) is 9.29. The zero-order valence-corrected chi connectivity index (χ0v) is 31.7. The molecular formula is C36H56N6O7S. The lowest BCUT2D eigenvalue weighted by atomic mass is 9.97. The number of β-amino-alcohol motifs (C(OH)–C–C–N with tert-alkyl or cyclic N) is 1. The van der Waals surface area contributed by atoms with Gasteiger partial charge in [-0.15, -0.1) is 11.3 Å². The van der Waals surface area contributed by atoms with Crippen LogP contribution in [0.25, 0.3) is 0 Å². The highest BCUT2D eigenvalue weighted by Gasteiger charge is 2.40. The van der Waals surface area contributed by atoms with Crippen molar-refractivity contribution in [3.05, 3.63) is 52.0 Å². The van der Waals surface area contributed by atoms with Crippen molar-refractivity contribution >= 4 is 35.3 Å². The number of hydrogen-bond acceptors (Lipinski definition) is 9. The Balaban J connectivity index is 1.89. The Morgan fingerprint density at radius 3 is 2.28 bits per heavy atom. The van der Waals surface area contributed by atoms with Crippen molar-refractivity contribution in [3.63, 3.8) is 0 Å². The molecule has 0 aliphatic carbocycles. The fraction of sp³-hybridized carbons (Fsp3) is 0.639. The summed E-state index contributed by atoms with van der Waals surface area (Å²) in [6, 6.07) is 6.72. The number of nitrogens with one attached hydrogen (secondary N) is 2. The predicted octanol–water partition coefficient (Wildman–Crippen LogP) is 4.13. The van der Waals surface area contributed by atoms with Gasteiger partial charge in [-0.3, -0.25) is 19.4 Å². The SMILES string of the molecule is CCc1ncc(CN(C(=O)O)[C@H](C(=O)N[C@@H](Cc2ccccc2)[C@H](O)CN2CCN(C(=O)OC(C)(C)C)C[C@H]2C(=O)NC(C)(C)C)C(C)C)s1. The fourth-order valence-corrected chi connectivity index (χ4v) is 6.72. The second-order valence-corrected chi connectivity index (χ2v) is 16.4. The maximum Gasteiger partial charge on any atom is 0.410 e. The molecule has 1 saturated heterocycles. The first-order valence-corrected chi connectivity index (χ1v) is 18.1. The molecule has 1 aliphatic rings. The summed E-state index contributed by atoms with van der Waals surface area (Å²) in [5, 5.41) is 29.0. The van der Waals surface area contributed by atoms with E-state index in [2.05, 4.69) is 15.6 Å². The van der Waals surface area contributed by atoms with Gasteiger partial charge in [-0.1, -0.05) is 51.1 Å². The van der Waals surface area contributed by atoms with Crippen molar-refractivity contribution in [2.45, 2.75) is 117 Å². The highest BCUT2D eigenvalue weighted by Crippen LogP contribution is 2.22. The van der Waals surface area contributed by atoms with Crippen LogP contribution in [0.5, 0.6) is 0 Å². The minimum absolute atomic E-state index is 0.00165. The minimum atomic E-state index is -1.24. The highest BCUT2D eigenvalue weighted by molar-refractivity contribution is 7.11. The summed E-state index contributed by atoms with van der Waals surface area (Å²) in [5.74, 6) is -1.21. The zero-order valence-electron chi connectivity index (χ0n) is 30.9. The first-order valence-electron chi connectivity index (χ1n) is 17.3. The normalized spacial score (nSPS) is 17.5. The molecule has 3 rings (SSSR count). The van der Waals surface area contributed by atoms with E-state index >= 15 is 0 Å². The van der Waals surface area contributed by atoms with Gasteiger partial charge in [0.2, 0.25) is 11.8 Å². The lowest BCUT2D eigenvalue weighted by molar-refractivity contribution is -0.132. The summed E-state index contributed by atoms with van der Waals surface area (Å²) in [4.78, 5) is 62.8. The second-order valence-electron chi connectivity index (χ2n) is 15.2. The maximum atomic E-state index is 14.1. The van der Waals surface area contributed by atoms with Crippen LogP contribution >= 0.6 is 11.3 Å². The molecule has 278 valence electrons. The van der Waals surface area contributed by atoms with Crippen molar-refractivity contribution in [2.75, 3.05) is 26.2 Å². The van der Waals surface area contributed by atoms with Gasteiger partial charge in [0, 0.05) is 42.8 Å². The van der Waals surface area contributed by atoms with Gasteiger partial charge in [-0.05, 0) is 65.9 Å². The molecule has 2 aromatic rings. The number of amides is 4. The van der Waals surface area contributed by atoms with Crippen molar-refractivity contribution in [3.8, 4) is 0 Å². The van der Waals surface area contributed by atoms with E-state index in [4.69, 9.17) is 4.74 Å². The molecule has 0 unspecified atom stereocenters. The van der Waals surface area contributed by atoms with Crippen LogP contribution in [0.3, 0.4) is 0 Å². The Bertz CT molecular complexity index is 1440. The summed E-state index contributed by atoms with van der Waals surface area (Å²) in [7, 11) is 0. The van der Waals surface area contributed by atoms with Gasteiger partial charge in [0.05, 0.1) is 23.7 Å². The number of hydrogen-bond donors (Lipinski definition) is 4. The monoisotopic (exact) mass is 716 g/mol. The number of aryl methyl sites for hydroxylation is 1. The summed E-state index contributed by atoms with van der Waals surface area (Å²) in [6.45, 7) is 17.1. The molecule has 4 amide bonds. The molecule has 4 atom stereocenters. The molecule has 0 saturated carbocycles. The molecule has 0 spiro atoms. The number of aliphatic hydroxyl groups is 1. The molecule has 50 heavy (non-hydrogen) atoms. The predicted molar refractivity (Wildman–Crippen MR) is 193 cm³/mol. The molecule has 1 aliphatic heterocycles. The van der Waals surface area contributed by atoms with Crippen LogP contribution in [0.2, 0.25) is 0 Å². The van der Waals surface area contributed by atoms with E-state index in [1.807, 2.05) is 62.9 Å². The number of carbonyl (C=O) groups excluding carboxylic acids is 3. The summed E-state index contributed by atoms with van der Waals surface area (Å²) in [6.07, 6.45) is -0.285. The van der Waals surface area contributed by atoms with Gasteiger partial charge < -0.3 is 30.5 Å². The molecule has 1 fully saturated rings. The van der Waals surface area contributed by atoms with Crippen LogP contribution in [0.15, 0.2) is 36.5 Å². The van der Waals surface area contributed by atoms with Crippen LogP contribution in [0, 0.1) is 5.92 Å². The number of rotatable bonds is 13. The number of thiazole rings is 1. The third-order valence-electron chi connectivity index (χ3n) is 8.17. The summed E-state index contributed by atoms with van der Waals surface area (Å²) < 4.78 is 5.58. The first kappa shape index (κ1) is 40.7. The lowest BCUT2D eigenvalue weighted by Crippen LogP contribution is -2.64. The number of carboxylic acid groups (broad SMARTS) is 1. The average Bonchev–Trinajstić information content (AvgIpc) is 3.47. The van der Waals surface area contributed by atoms with Crippen molar-refractivity contribution in [1.29, 1.82) is 0 Å². The average molecular weight is 717 g/mol. The van der Waals surface area contributed by atoms with E-state index in [9.17, 15) is 29.4 Å². The molecule has 13 nitrogen and oxygen atoms in total. The van der Waals surface area contributed by atoms with Crippen LogP contribution < -0.4 is 10.6 Å². The van der Waals surface area contributed by atoms with E-state index in [1.54, 1.807) is 40.8 Å². The molecule has 14 heteroatoms. The largest absolute Gasteiger partial charge is 0.465 e. The molecule has 4 N–H and O–H groups in total. The van der Waals surface area contributed by atoms with Gasteiger partial charge in [-0.25, -0.2) is 14.6 Å². The van der Waals surface area contributed by atoms with Gasteiger partial charge in [0.15, 0.2) is 0 Å². The van der Waals surface area contributed by atoms with E-state index < -0.39 is 53.5 Å². The molecule has 0 bridgehead atoms. The molecule has 0 radical (unpaired) electrons. The lowest BCUT2D eigenvalue weighted by Gasteiger charge is -2.43.